The van der Waals surface area contributed by atoms with Crippen LogP contribution in [0.2, 0.25) is 0 Å². The Labute approximate surface area is 129 Å². The van der Waals surface area contributed by atoms with Crippen molar-refractivity contribution in [3.63, 3.8) is 0 Å². The van der Waals surface area contributed by atoms with E-state index in [1.165, 1.54) is 38.8 Å². The Morgan fingerprint density at radius 2 is 1.78 bits per heavy atom. The van der Waals surface area contributed by atoms with Gasteiger partial charge in [-0.15, -0.1) is 24.0 Å². The number of rotatable bonds is 4. The molecule has 4 nitrogen and oxygen atoms in total. The van der Waals surface area contributed by atoms with Gasteiger partial charge in [0.15, 0.2) is 5.96 Å². The minimum atomic E-state index is 0. The van der Waals surface area contributed by atoms with Gasteiger partial charge < -0.3 is 15.5 Å². The van der Waals surface area contributed by atoms with Gasteiger partial charge in [0.1, 0.15) is 0 Å². The molecule has 1 heterocycles. The van der Waals surface area contributed by atoms with E-state index in [1.807, 2.05) is 7.05 Å². The molecule has 0 bridgehead atoms. The van der Waals surface area contributed by atoms with Crippen molar-refractivity contribution in [3.8, 4) is 0 Å². The van der Waals surface area contributed by atoms with Crippen molar-refractivity contribution >= 4 is 29.9 Å². The van der Waals surface area contributed by atoms with Gasteiger partial charge in [-0.25, -0.2) is 0 Å². The van der Waals surface area contributed by atoms with Crippen LogP contribution in [0.5, 0.6) is 0 Å². The minimum Gasteiger partial charge on any atom is -0.355 e. The number of nitrogens with zero attached hydrogens (tertiary/aromatic N) is 2. The first-order valence-electron chi connectivity index (χ1n) is 6.92. The largest absolute Gasteiger partial charge is 0.355 e. The van der Waals surface area contributed by atoms with E-state index in [0.717, 1.165) is 19.0 Å². The van der Waals surface area contributed by atoms with E-state index in [1.54, 1.807) is 0 Å². The van der Waals surface area contributed by atoms with E-state index >= 15 is 0 Å². The summed E-state index contributed by atoms with van der Waals surface area (Å²) in [6, 6.07) is 0.430. The molecule has 5 heteroatoms. The summed E-state index contributed by atoms with van der Waals surface area (Å²) in [5.74, 6) is 0.912. The van der Waals surface area contributed by atoms with Gasteiger partial charge >= 0.3 is 0 Å². The van der Waals surface area contributed by atoms with Crippen molar-refractivity contribution in [2.75, 3.05) is 33.2 Å². The van der Waals surface area contributed by atoms with Crippen molar-refractivity contribution < 1.29 is 0 Å². The average molecular weight is 368 g/mol. The number of aliphatic imine (C=N–C) groups is 1. The number of hydrogen-bond donors (Lipinski definition) is 2. The molecular formula is C13H29IN4. The Balaban J connectivity index is 0.00000289. The molecule has 0 amide bonds. The molecule has 0 atom stereocenters. The maximum absolute atomic E-state index is 4.21. The fourth-order valence-electron chi connectivity index (χ4n) is 2.16. The van der Waals surface area contributed by atoms with Gasteiger partial charge in [-0.05, 0) is 39.8 Å². The molecule has 0 aliphatic carbocycles. The van der Waals surface area contributed by atoms with Gasteiger partial charge in [-0.1, -0.05) is 12.8 Å². The second-order valence-electron chi connectivity index (χ2n) is 5.05. The highest BCUT2D eigenvalue weighted by Gasteiger charge is 2.08. The number of halogens is 1. The van der Waals surface area contributed by atoms with Crippen molar-refractivity contribution in [2.45, 2.75) is 45.6 Å². The van der Waals surface area contributed by atoms with Gasteiger partial charge in [0.05, 0.1) is 0 Å². The van der Waals surface area contributed by atoms with Crippen LogP contribution in [-0.2, 0) is 0 Å². The lowest BCUT2D eigenvalue weighted by atomic mass is 10.2. The van der Waals surface area contributed by atoms with E-state index in [2.05, 4.69) is 34.4 Å². The van der Waals surface area contributed by atoms with E-state index in [9.17, 15) is 0 Å². The molecular weight excluding hydrogens is 339 g/mol. The van der Waals surface area contributed by atoms with Crippen molar-refractivity contribution in [2.24, 2.45) is 4.99 Å². The second-order valence-corrected chi connectivity index (χ2v) is 5.05. The highest BCUT2D eigenvalue weighted by Crippen LogP contribution is 2.08. The van der Waals surface area contributed by atoms with Gasteiger partial charge in [-0.3, -0.25) is 4.99 Å². The molecule has 0 spiro atoms. The van der Waals surface area contributed by atoms with Crippen LogP contribution in [0, 0.1) is 0 Å². The lowest BCUT2D eigenvalue weighted by molar-refractivity contribution is 0.289. The Bertz CT molecular complexity index is 223. The van der Waals surface area contributed by atoms with Crippen molar-refractivity contribution in [3.05, 3.63) is 0 Å². The first-order chi connectivity index (χ1) is 8.22. The molecule has 1 rings (SSSR count). The molecule has 1 aliphatic heterocycles. The van der Waals surface area contributed by atoms with Gasteiger partial charge in [0.2, 0.25) is 0 Å². The molecule has 1 aliphatic rings. The van der Waals surface area contributed by atoms with E-state index in [4.69, 9.17) is 0 Å². The summed E-state index contributed by atoms with van der Waals surface area (Å²) in [7, 11) is 1.82. The Morgan fingerprint density at radius 3 is 2.28 bits per heavy atom. The van der Waals surface area contributed by atoms with E-state index in [-0.39, 0.29) is 24.0 Å². The maximum Gasteiger partial charge on any atom is 0.191 e. The molecule has 0 aromatic rings. The topological polar surface area (TPSA) is 39.7 Å². The molecule has 0 unspecified atom stereocenters. The van der Waals surface area contributed by atoms with Crippen LogP contribution in [0.15, 0.2) is 4.99 Å². The monoisotopic (exact) mass is 368 g/mol. The number of guanidine groups is 1. The van der Waals surface area contributed by atoms with Gasteiger partial charge in [0.25, 0.3) is 0 Å². The molecule has 1 fully saturated rings. The quantitative estimate of drug-likeness (QED) is 0.453. The van der Waals surface area contributed by atoms with Crippen LogP contribution in [0.3, 0.4) is 0 Å². The standard InChI is InChI=1S/C13H28N4.HI/c1-12(2)16-13(14-3)15-8-11-17-9-6-4-5-7-10-17;/h12H,4-11H2,1-3H3,(H2,14,15,16);1H. The average Bonchev–Trinajstić information content (AvgIpc) is 2.55. The Kier molecular flexibility index (Phi) is 10.8. The molecule has 18 heavy (non-hydrogen) atoms. The van der Waals surface area contributed by atoms with Crippen LogP contribution >= 0.6 is 24.0 Å². The molecule has 0 aromatic heterocycles. The lowest BCUT2D eigenvalue weighted by Gasteiger charge is -2.21. The number of likely N-dealkylation sites (tertiary alicyclic amines) is 1. The van der Waals surface area contributed by atoms with Crippen LogP contribution in [-0.4, -0.2) is 50.1 Å². The first kappa shape index (κ1) is 18.0. The van der Waals surface area contributed by atoms with E-state index < -0.39 is 0 Å². The fraction of sp³-hybridized carbons (Fsp3) is 0.923. The Morgan fingerprint density at radius 1 is 1.17 bits per heavy atom. The summed E-state index contributed by atoms with van der Waals surface area (Å²) in [5.41, 5.74) is 0. The Hall–Kier alpha value is -0.0400. The van der Waals surface area contributed by atoms with Crippen LogP contribution < -0.4 is 10.6 Å². The maximum atomic E-state index is 4.21. The summed E-state index contributed by atoms with van der Waals surface area (Å²) in [4.78, 5) is 6.76. The predicted octanol–water partition coefficient (Wildman–Crippen LogP) is 2.05. The zero-order chi connectivity index (χ0) is 12.5. The van der Waals surface area contributed by atoms with Crippen LogP contribution in [0.25, 0.3) is 0 Å². The summed E-state index contributed by atoms with van der Waals surface area (Å²) >= 11 is 0. The molecule has 0 saturated carbocycles. The van der Waals surface area contributed by atoms with Crippen molar-refractivity contribution in [1.29, 1.82) is 0 Å². The number of hydrogen-bond acceptors (Lipinski definition) is 2. The molecule has 0 radical (unpaired) electrons. The van der Waals surface area contributed by atoms with Crippen LogP contribution in [0.4, 0.5) is 0 Å². The molecule has 2 N–H and O–H groups in total. The third-order valence-corrected chi connectivity index (χ3v) is 3.07. The lowest BCUT2D eigenvalue weighted by Crippen LogP contribution is -2.44. The highest BCUT2D eigenvalue weighted by molar-refractivity contribution is 14.0. The fourth-order valence-corrected chi connectivity index (χ4v) is 2.16. The summed E-state index contributed by atoms with van der Waals surface area (Å²) in [6.07, 6.45) is 5.53. The third kappa shape index (κ3) is 8.13. The van der Waals surface area contributed by atoms with Crippen molar-refractivity contribution in [1.82, 2.24) is 15.5 Å². The van der Waals surface area contributed by atoms with Crippen LogP contribution in [0.1, 0.15) is 39.5 Å². The zero-order valence-electron chi connectivity index (χ0n) is 12.0. The van der Waals surface area contributed by atoms with Gasteiger partial charge in [-0.2, -0.15) is 0 Å². The smallest absolute Gasteiger partial charge is 0.191 e. The first-order valence-corrected chi connectivity index (χ1v) is 6.92. The molecule has 108 valence electrons. The van der Waals surface area contributed by atoms with Gasteiger partial charge in [0, 0.05) is 26.2 Å². The SMILES string of the molecule is CN=C(NCCN1CCCCCC1)NC(C)C.I. The molecule has 0 aromatic carbocycles. The number of nitrogens with one attached hydrogen (secondary N) is 2. The van der Waals surface area contributed by atoms with E-state index in [0.29, 0.717) is 6.04 Å². The normalized spacial score (nSPS) is 18.1. The summed E-state index contributed by atoms with van der Waals surface area (Å²) in [6.45, 7) is 8.88. The predicted molar refractivity (Wildman–Crippen MR) is 90.0 cm³/mol. The minimum absolute atomic E-state index is 0. The molecule has 1 saturated heterocycles. The summed E-state index contributed by atoms with van der Waals surface area (Å²) < 4.78 is 0. The zero-order valence-corrected chi connectivity index (χ0v) is 14.4. The highest BCUT2D eigenvalue weighted by atomic mass is 127. The third-order valence-electron chi connectivity index (χ3n) is 3.07. The second kappa shape index (κ2) is 10.8. The summed E-state index contributed by atoms with van der Waals surface area (Å²) in [5, 5.41) is 6.67.